The molecule has 10 aromatic rings. The summed E-state index contributed by atoms with van der Waals surface area (Å²) < 4.78 is 0. The van der Waals surface area contributed by atoms with Crippen molar-refractivity contribution >= 4 is 54.0 Å². The molecule has 0 saturated carbocycles. The minimum Gasteiger partial charge on any atom is -0.248 e. The Hall–Kier alpha value is -6.57. The van der Waals surface area contributed by atoms with Crippen LogP contribution in [-0.4, -0.2) is 4.98 Å². The average molecular weight is 634 g/mol. The third kappa shape index (κ3) is 4.52. The number of rotatable bonds is 4. The van der Waals surface area contributed by atoms with Crippen LogP contribution in [0.1, 0.15) is 0 Å². The number of hydrogen-bond donors (Lipinski definition) is 0. The molecular weight excluding hydrogens is 603 g/mol. The van der Waals surface area contributed by atoms with Gasteiger partial charge in [0.25, 0.3) is 0 Å². The molecule has 1 aromatic heterocycles. The molecule has 0 radical (unpaired) electrons. The number of nitrogens with zero attached hydrogens (tertiary/aromatic N) is 1. The molecule has 0 unspecified atom stereocenters. The monoisotopic (exact) mass is 633 g/mol. The number of aromatic nitrogens is 1. The van der Waals surface area contributed by atoms with E-state index in [1.807, 2.05) is 0 Å². The molecule has 0 N–H and O–H groups in total. The number of benzene rings is 9. The van der Waals surface area contributed by atoms with Gasteiger partial charge in [-0.25, -0.2) is 4.98 Å². The lowest BCUT2D eigenvalue weighted by Crippen LogP contribution is -1.94. The van der Waals surface area contributed by atoms with Gasteiger partial charge in [-0.2, -0.15) is 0 Å². The molecule has 1 nitrogen and oxygen atoms in total. The molecule has 0 spiro atoms. The van der Waals surface area contributed by atoms with E-state index in [0.717, 1.165) is 16.8 Å². The molecule has 9 aromatic carbocycles. The van der Waals surface area contributed by atoms with Crippen LogP contribution in [0.25, 0.3) is 98.6 Å². The highest BCUT2D eigenvalue weighted by molar-refractivity contribution is 6.25. The van der Waals surface area contributed by atoms with E-state index >= 15 is 0 Å². The summed E-state index contributed by atoms with van der Waals surface area (Å²) in [5.74, 6) is 0. The van der Waals surface area contributed by atoms with Crippen molar-refractivity contribution in [1.29, 1.82) is 0 Å². The molecule has 0 amide bonds. The third-order valence-corrected chi connectivity index (χ3v) is 10.2. The molecule has 10 rings (SSSR count). The van der Waals surface area contributed by atoms with Gasteiger partial charge >= 0.3 is 0 Å². The van der Waals surface area contributed by atoms with E-state index in [1.54, 1.807) is 0 Å². The van der Waals surface area contributed by atoms with E-state index in [-0.39, 0.29) is 0 Å². The zero-order valence-corrected chi connectivity index (χ0v) is 27.3. The molecule has 50 heavy (non-hydrogen) atoms. The molecule has 0 saturated heterocycles. The Balaban J connectivity index is 1.29. The van der Waals surface area contributed by atoms with Crippen molar-refractivity contribution in [2.24, 2.45) is 0 Å². The highest BCUT2D eigenvalue weighted by Gasteiger charge is 2.20. The first kappa shape index (κ1) is 28.4. The Kier molecular flexibility index (Phi) is 6.57. The number of hydrogen-bond acceptors (Lipinski definition) is 1. The highest BCUT2D eigenvalue weighted by atomic mass is 14.7. The second kappa shape index (κ2) is 11.5. The van der Waals surface area contributed by atoms with Crippen molar-refractivity contribution < 1.29 is 0 Å². The van der Waals surface area contributed by atoms with Crippen LogP contribution in [0.15, 0.2) is 188 Å². The molecule has 1 heterocycles. The first-order chi connectivity index (χ1) is 24.8. The molecular formula is C49H31N. The van der Waals surface area contributed by atoms with Crippen LogP contribution >= 0.6 is 0 Å². The predicted octanol–water partition coefficient (Wildman–Crippen LogP) is 13.5. The smallest absolute Gasteiger partial charge is 0.0722 e. The van der Waals surface area contributed by atoms with Crippen LogP contribution in [0.4, 0.5) is 0 Å². The lowest BCUT2D eigenvalue weighted by molar-refractivity contribution is 1.40. The molecule has 0 aliphatic carbocycles. The van der Waals surface area contributed by atoms with Gasteiger partial charge in [-0.1, -0.05) is 170 Å². The van der Waals surface area contributed by atoms with Crippen LogP contribution < -0.4 is 0 Å². The van der Waals surface area contributed by atoms with E-state index in [1.165, 1.54) is 81.9 Å². The first-order valence-electron chi connectivity index (χ1n) is 17.2. The Bertz CT molecular complexity index is 2850. The predicted molar refractivity (Wildman–Crippen MR) is 214 cm³/mol. The van der Waals surface area contributed by atoms with Gasteiger partial charge in [0, 0.05) is 10.9 Å². The second-order valence-corrected chi connectivity index (χ2v) is 13.1. The van der Waals surface area contributed by atoms with Gasteiger partial charge in [-0.3, -0.25) is 0 Å². The summed E-state index contributed by atoms with van der Waals surface area (Å²) >= 11 is 0. The molecule has 0 aliphatic rings. The minimum absolute atomic E-state index is 0.980. The van der Waals surface area contributed by atoms with Gasteiger partial charge in [-0.15, -0.1) is 0 Å². The lowest BCUT2D eigenvalue weighted by atomic mass is 9.84. The van der Waals surface area contributed by atoms with Gasteiger partial charge in [0.2, 0.25) is 0 Å². The Morgan fingerprint density at radius 3 is 1.58 bits per heavy atom. The maximum absolute atomic E-state index is 5.25. The quantitative estimate of drug-likeness (QED) is 0.139. The second-order valence-electron chi connectivity index (χ2n) is 13.1. The molecule has 0 fully saturated rings. The Labute approximate surface area is 290 Å². The zero-order valence-electron chi connectivity index (χ0n) is 27.3. The first-order valence-corrected chi connectivity index (χ1v) is 17.2. The summed E-state index contributed by atoms with van der Waals surface area (Å²) in [5.41, 5.74) is 10.5. The molecule has 0 atom stereocenters. The maximum Gasteiger partial charge on any atom is 0.0722 e. The van der Waals surface area contributed by atoms with Crippen LogP contribution in [0.3, 0.4) is 0 Å². The van der Waals surface area contributed by atoms with E-state index in [9.17, 15) is 0 Å². The van der Waals surface area contributed by atoms with Gasteiger partial charge < -0.3 is 0 Å². The minimum atomic E-state index is 0.980. The standard InChI is InChI=1S/C49H31N/c1-3-15-33(16-4-1)44-31-46(34-17-5-2-6-18-34)50-45-29-28-37-38(24-13-25-39(37)49(44)45)48-42-22-11-9-20-40(42)47(41-21-10-12-23-43(41)48)36-27-26-32-14-7-8-19-35(32)30-36/h1-31H. The van der Waals surface area contributed by atoms with Crippen molar-refractivity contribution in [2.75, 3.05) is 0 Å². The van der Waals surface area contributed by atoms with Crippen molar-refractivity contribution in [3.8, 4) is 44.6 Å². The average Bonchev–Trinajstić information content (AvgIpc) is 3.19. The van der Waals surface area contributed by atoms with Gasteiger partial charge in [0.05, 0.1) is 11.2 Å². The number of fused-ring (bicyclic) bond motifs is 6. The van der Waals surface area contributed by atoms with Gasteiger partial charge in [0.1, 0.15) is 0 Å². The zero-order chi connectivity index (χ0) is 33.0. The van der Waals surface area contributed by atoms with E-state index in [0.29, 0.717) is 0 Å². The lowest BCUT2D eigenvalue weighted by Gasteiger charge is -2.20. The molecule has 1 heteroatoms. The molecule has 232 valence electrons. The van der Waals surface area contributed by atoms with E-state index < -0.39 is 0 Å². The fourth-order valence-electron chi connectivity index (χ4n) is 7.99. The molecule has 0 bridgehead atoms. The third-order valence-electron chi connectivity index (χ3n) is 10.2. The van der Waals surface area contributed by atoms with Crippen LogP contribution in [0.2, 0.25) is 0 Å². The summed E-state index contributed by atoms with van der Waals surface area (Å²) in [6.07, 6.45) is 0. The fraction of sp³-hybridized carbons (Fsp3) is 0. The van der Waals surface area contributed by atoms with Gasteiger partial charge in [-0.05, 0) is 94.7 Å². The van der Waals surface area contributed by atoms with Crippen LogP contribution in [0.5, 0.6) is 0 Å². The van der Waals surface area contributed by atoms with Crippen LogP contribution in [-0.2, 0) is 0 Å². The molecule has 0 aliphatic heterocycles. The van der Waals surface area contributed by atoms with Gasteiger partial charge in [0.15, 0.2) is 0 Å². The SMILES string of the molecule is c1ccc(-c2cc(-c3ccccc3)c3c(ccc4c(-c5c6ccccc6c(-c6ccc7ccccc7c6)c6ccccc56)cccc43)n2)cc1. The summed E-state index contributed by atoms with van der Waals surface area (Å²) in [6, 6.07) is 68.1. The Morgan fingerprint density at radius 2 is 0.880 bits per heavy atom. The topological polar surface area (TPSA) is 12.9 Å². The Morgan fingerprint density at radius 1 is 0.300 bits per heavy atom. The maximum atomic E-state index is 5.25. The van der Waals surface area contributed by atoms with E-state index in [2.05, 4.69) is 188 Å². The summed E-state index contributed by atoms with van der Waals surface area (Å²) in [5, 5.41) is 11.1. The highest BCUT2D eigenvalue weighted by Crippen LogP contribution is 2.47. The van der Waals surface area contributed by atoms with Crippen molar-refractivity contribution in [1.82, 2.24) is 4.98 Å². The van der Waals surface area contributed by atoms with Crippen molar-refractivity contribution in [3.63, 3.8) is 0 Å². The fourth-order valence-corrected chi connectivity index (χ4v) is 7.99. The normalized spacial score (nSPS) is 11.6. The summed E-state index contributed by atoms with van der Waals surface area (Å²) in [4.78, 5) is 5.25. The van der Waals surface area contributed by atoms with E-state index in [4.69, 9.17) is 4.98 Å². The summed E-state index contributed by atoms with van der Waals surface area (Å²) in [7, 11) is 0. The van der Waals surface area contributed by atoms with Crippen LogP contribution in [0, 0.1) is 0 Å². The van der Waals surface area contributed by atoms with Crippen molar-refractivity contribution in [3.05, 3.63) is 188 Å². The summed E-state index contributed by atoms with van der Waals surface area (Å²) in [6.45, 7) is 0. The number of pyridine rings is 1. The largest absolute Gasteiger partial charge is 0.248 e. The van der Waals surface area contributed by atoms with Crippen molar-refractivity contribution in [2.45, 2.75) is 0 Å².